The molecule has 1 aromatic heterocycles. The topological polar surface area (TPSA) is 58.6 Å². The number of fused-ring (bicyclic) bond motifs is 2. The van der Waals surface area contributed by atoms with Gasteiger partial charge in [-0.05, 0) is 42.9 Å². The fraction of sp³-hybridized carbons (Fsp3) is 0.435. The molecule has 0 spiro atoms. The van der Waals surface area contributed by atoms with Crippen molar-refractivity contribution < 1.29 is 9.52 Å². The van der Waals surface area contributed by atoms with Crippen LogP contribution in [0.1, 0.15) is 24.8 Å². The highest BCUT2D eigenvalue weighted by atomic mass is 16.4. The van der Waals surface area contributed by atoms with Gasteiger partial charge in [0.2, 0.25) is 0 Å². The molecule has 0 radical (unpaired) electrons. The summed E-state index contributed by atoms with van der Waals surface area (Å²) in [6.07, 6.45) is 3.06. The Bertz CT molecular complexity index is 1030. The number of hydrogen-bond donors (Lipinski definition) is 1. The minimum absolute atomic E-state index is 0.251. The second-order valence-corrected chi connectivity index (χ2v) is 8.30. The summed E-state index contributed by atoms with van der Waals surface area (Å²) < 4.78 is 7.07. The zero-order valence-corrected chi connectivity index (χ0v) is 16.0. The highest BCUT2D eigenvalue weighted by Crippen LogP contribution is 2.48. The average Bonchev–Trinajstić information content (AvgIpc) is 3.28. The lowest BCUT2D eigenvalue weighted by atomic mass is 9.67. The molecule has 5 rings (SSSR count). The standard InChI is InChI=1S/C23H26N2O3/c26-22-25(20-10-4-5-11-21(20)28-22)14-13-24-15-17-7-6-12-23(27,19(17)16-24)18-8-2-1-3-9-18/h1-5,8-11,17,19,27H,6-7,12-16H2/t17-,19+,23+/m1/s1. The third-order valence-corrected chi connectivity index (χ3v) is 6.75. The van der Waals surface area contributed by atoms with Gasteiger partial charge in [-0.2, -0.15) is 0 Å². The maximum atomic E-state index is 12.2. The Morgan fingerprint density at radius 3 is 2.68 bits per heavy atom. The van der Waals surface area contributed by atoms with Crippen molar-refractivity contribution in [3.63, 3.8) is 0 Å². The first kappa shape index (κ1) is 17.7. The molecule has 2 aliphatic rings. The Hall–Kier alpha value is -2.37. The Morgan fingerprint density at radius 1 is 1.04 bits per heavy atom. The smallest absolute Gasteiger partial charge is 0.408 e. The molecule has 2 heterocycles. The number of nitrogens with zero attached hydrogens (tertiary/aromatic N) is 2. The molecule has 1 aliphatic heterocycles. The molecule has 2 fully saturated rings. The molecule has 2 aromatic carbocycles. The van der Waals surface area contributed by atoms with Crippen LogP contribution in [0, 0.1) is 11.8 Å². The lowest BCUT2D eigenvalue weighted by Crippen LogP contribution is -2.42. The highest BCUT2D eigenvalue weighted by Gasteiger charge is 2.49. The number of oxazole rings is 1. The molecule has 3 aromatic rings. The van der Waals surface area contributed by atoms with Gasteiger partial charge < -0.3 is 14.4 Å². The summed E-state index contributed by atoms with van der Waals surface area (Å²) in [5, 5.41) is 11.6. The van der Waals surface area contributed by atoms with Crippen molar-refractivity contribution in [2.24, 2.45) is 11.8 Å². The second-order valence-electron chi connectivity index (χ2n) is 8.30. The van der Waals surface area contributed by atoms with Crippen LogP contribution in [0.3, 0.4) is 0 Å². The van der Waals surface area contributed by atoms with Crippen LogP contribution in [0.2, 0.25) is 0 Å². The molecule has 1 saturated heterocycles. The molecule has 28 heavy (non-hydrogen) atoms. The normalized spacial score (nSPS) is 27.9. The molecule has 0 bridgehead atoms. The number of likely N-dealkylation sites (tertiary alicyclic amines) is 1. The summed E-state index contributed by atoms with van der Waals surface area (Å²) in [5.41, 5.74) is 1.80. The Morgan fingerprint density at radius 2 is 1.82 bits per heavy atom. The number of benzene rings is 2. The van der Waals surface area contributed by atoms with E-state index in [0.717, 1.165) is 43.6 Å². The van der Waals surface area contributed by atoms with Crippen LogP contribution in [-0.2, 0) is 12.1 Å². The molecular formula is C23H26N2O3. The first-order valence-electron chi connectivity index (χ1n) is 10.2. The van der Waals surface area contributed by atoms with E-state index >= 15 is 0 Å². The molecule has 1 N–H and O–H groups in total. The van der Waals surface area contributed by atoms with Gasteiger partial charge in [0.25, 0.3) is 0 Å². The minimum atomic E-state index is -0.738. The highest BCUT2D eigenvalue weighted by molar-refractivity contribution is 5.72. The van der Waals surface area contributed by atoms with E-state index in [0.29, 0.717) is 18.0 Å². The minimum Gasteiger partial charge on any atom is -0.408 e. The van der Waals surface area contributed by atoms with E-state index in [1.54, 1.807) is 4.57 Å². The molecule has 146 valence electrons. The van der Waals surface area contributed by atoms with Crippen molar-refractivity contribution in [3.8, 4) is 0 Å². The second kappa shape index (κ2) is 6.90. The van der Waals surface area contributed by atoms with Crippen LogP contribution < -0.4 is 5.76 Å². The van der Waals surface area contributed by atoms with E-state index < -0.39 is 5.60 Å². The van der Waals surface area contributed by atoms with E-state index in [-0.39, 0.29) is 11.7 Å². The van der Waals surface area contributed by atoms with Gasteiger partial charge in [-0.1, -0.05) is 42.5 Å². The number of aromatic nitrogens is 1. The van der Waals surface area contributed by atoms with Crippen LogP contribution in [0.15, 0.2) is 63.8 Å². The summed E-state index contributed by atoms with van der Waals surface area (Å²) >= 11 is 0. The number of aliphatic hydroxyl groups is 1. The van der Waals surface area contributed by atoms with Crippen LogP contribution in [0.4, 0.5) is 0 Å². The van der Waals surface area contributed by atoms with Gasteiger partial charge >= 0.3 is 5.76 Å². The van der Waals surface area contributed by atoms with Crippen LogP contribution in [-0.4, -0.2) is 34.2 Å². The lowest BCUT2D eigenvalue weighted by Gasteiger charge is -2.41. The SMILES string of the molecule is O=c1oc2ccccc2n1CCN1C[C@H]2CCC[C@](O)(c3ccccc3)[C@H]2C1. The van der Waals surface area contributed by atoms with Crippen molar-refractivity contribution in [2.45, 2.75) is 31.4 Å². The van der Waals surface area contributed by atoms with Gasteiger partial charge in [0.05, 0.1) is 11.1 Å². The Balaban J connectivity index is 1.34. The van der Waals surface area contributed by atoms with Crippen molar-refractivity contribution in [3.05, 3.63) is 70.7 Å². The van der Waals surface area contributed by atoms with E-state index in [4.69, 9.17) is 4.42 Å². The van der Waals surface area contributed by atoms with Crippen molar-refractivity contribution in [1.29, 1.82) is 0 Å². The lowest BCUT2D eigenvalue weighted by molar-refractivity contribution is -0.0647. The third kappa shape index (κ3) is 2.90. The van der Waals surface area contributed by atoms with Gasteiger partial charge in [-0.25, -0.2) is 4.79 Å². The summed E-state index contributed by atoms with van der Waals surface area (Å²) in [6, 6.07) is 17.7. The molecule has 0 amide bonds. The van der Waals surface area contributed by atoms with E-state index in [1.807, 2.05) is 42.5 Å². The van der Waals surface area contributed by atoms with Gasteiger partial charge in [0.15, 0.2) is 5.58 Å². The monoisotopic (exact) mass is 378 g/mol. The number of hydrogen-bond acceptors (Lipinski definition) is 4. The van der Waals surface area contributed by atoms with Gasteiger partial charge in [-0.3, -0.25) is 4.57 Å². The molecule has 5 nitrogen and oxygen atoms in total. The van der Waals surface area contributed by atoms with E-state index in [1.165, 1.54) is 6.42 Å². The molecule has 1 saturated carbocycles. The predicted molar refractivity (Wildman–Crippen MR) is 108 cm³/mol. The largest absolute Gasteiger partial charge is 0.419 e. The number of para-hydroxylation sites is 2. The molecule has 1 aliphatic carbocycles. The Labute approximate surface area is 164 Å². The number of rotatable bonds is 4. The van der Waals surface area contributed by atoms with Gasteiger partial charge in [-0.15, -0.1) is 0 Å². The first-order valence-corrected chi connectivity index (χ1v) is 10.2. The predicted octanol–water partition coefficient (Wildman–Crippen LogP) is 3.21. The molecule has 5 heteroatoms. The van der Waals surface area contributed by atoms with Gasteiger partial charge in [0, 0.05) is 32.1 Å². The maximum Gasteiger partial charge on any atom is 0.419 e. The molecular weight excluding hydrogens is 352 g/mol. The van der Waals surface area contributed by atoms with E-state index in [2.05, 4.69) is 17.0 Å². The summed E-state index contributed by atoms with van der Waals surface area (Å²) in [5.74, 6) is 0.469. The van der Waals surface area contributed by atoms with Crippen LogP contribution >= 0.6 is 0 Å². The summed E-state index contributed by atoms with van der Waals surface area (Å²) in [4.78, 5) is 14.6. The zero-order chi connectivity index (χ0) is 19.1. The summed E-state index contributed by atoms with van der Waals surface area (Å²) in [6.45, 7) is 3.27. The maximum absolute atomic E-state index is 12.2. The van der Waals surface area contributed by atoms with Crippen molar-refractivity contribution in [2.75, 3.05) is 19.6 Å². The molecule has 3 atom stereocenters. The van der Waals surface area contributed by atoms with E-state index in [9.17, 15) is 9.90 Å². The van der Waals surface area contributed by atoms with Crippen molar-refractivity contribution >= 4 is 11.1 Å². The fourth-order valence-corrected chi connectivity index (χ4v) is 5.35. The summed E-state index contributed by atoms with van der Waals surface area (Å²) in [7, 11) is 0. The van der Waals surface area contributed by atoms with Crippen LogP contribution in [0.5, 0.6) is 0 Å². The van der Waals surface area contributed by atoms with Crippen LogP contribution in [0.25, 0.3) is 11.1 Å². The Kier molecular flexibility index (Phi) is 4.37. The average molecular weight is 378 g/mol. The zero-order valence-electron chi connectivity index (χ0n) is 16.0. The third-order valence-electron chi connectivity index (χ3n) is 6.75. The fourth-order valence-electron chi connectivity index (χ4n) is 5.35. The van der Waals surface area contributed by atoms with Crippen molar-refractivity contribution in [1.82, 2.24) is 9.47 Å². The molecule has 0 unspecified atom stereocenters. The quantitative estimate of drug-likeness (QED) is 0.757. The first-order chi connectivity index (χ1) is 13.6. The van der Waals surface area contributed by atoms with Gasteiger partial charge in [0.1, 0.15) is 0 Å².